The second-order valence-corrected chi connectivity index (χ2v) is 5.75. The van der Waals surface area contributed by atoms with Crippen LogP contribution in [0.15, 0.2) is 18.2 Å². The van der Waals surface area contributed by atoms with Gasteiger partial charge in [0.2, 0.25) is 0 Å². The maximum absolute atomic E-state index is 12.2. The molecule has 0 aliphatic carbocycles. The molecule has 0 aliphatic rings. The first-order valence-electron chi connectivity index (χ1n) is 8.56. The van der Waals surface area contributed by atoms with Gasteiger partial charge in [-0.05, 0) is 44.1 Å². The van der Waals surface area contributed by atoms with Crippen molar-refractivity contribution in [3.05, 3.63) is 23.8 Å². The van der Waals surface area contributed by atoms with Crippen LogP contribution in [0.2, 0.25) is 0 Å². The molecule has 1 N–H and O–H groups in total. The summed E-state index contributed by atoms with van der Waals surface area (Å²) < 4.78 is 11.1. The van der Waals surface area contributed by atoms with Crippen LogP contribution in [-0.2, 0) is 4.74 Å². The number of benzene rings is 1. The Kier molecular flexibility index (Phi) is 10.3. The molecule has 1 rings (SSSR count). The summed E-state index contributed by atoms with van der Waals surface area (Å²) in [5.74, 6) is 0.960. The zero-order valence-electron chi connectivity index (χ0n) is 14.9. The lowest BCUT2D eigenvalue weighted by atomic mass is 10.2. The van der Waals surface area contributed by atoms with Crippen LogP contribution in [0.1, 0.15) is 37.0 Å². The van der Waals surface area contributed by atoms with Crippen LogP contribution in [0.5, 0.6) is 5.75 Å². The Morgan fingerprint density at radius 2 is 1.96 bits per heavy atom. The lowest BCUT2D eigenvalue weighted by Crippen LogP contribution is -2.27. The van der Waals surface area contributed by atoms with E-state index in [4.69, 9.17) is 21.1 Å². The van der Waals surface area contributed by atoms with E-state index in [1.165, 1.54) is 0 Å². The van der Waals surface area contributed by atoms with Gasteiger partial charge in [-0.2, -0.15) is 0 Å². The summed E-state index contributed by atoms with van der Waals surface area (Å²) in [7, 11) is 1.82. The highest BCUT2D eigenvalue weighted by Gasteiger charge is 2.12. The molecule has 0 aromatic heterocycles. The predicted octanol–water partition coefficient (Wildman–Crippen LogP) is 3.62. The molecule has 136 valence electrons. The number of anilines is 1. The van der Waals surface area contributed by atoms with Crippen LogP contribution in [0.4, 0.5) is 5.69 Å². The van der Waals surface area contributed by atoms with Crippen molar-refractivity contribution >= 4 is 23.3 Å². The summed E-state index contributed by atoms with van der Waals surface area (Å²) in [6.07, 6.45) is 1.79. The van der Waals surface area contributed by atoms with Gasteiger partial charge in [0.1, 0.15) is 12.4 Å². The lowest BCUT2D eigenvalue weighted by Gasteiger charge is -2.17. The highest BCUT2D eigenvalue weighted by molar-refractivity contribution is 6.17. The van der Waals surface area contributed by atoms with Gasteiger partial charge in [0.25, 0.3) is 0 Å². The normalized spacial score (nSPS) is 10.7. The summed E-state index contributed by atoms with van der Waals surface area (Å²) in [5, 5.41) is 3.07. The number of alkyl halides is 1. The minimum Gasteiger partial charge on any atom is -0.491 e. The molecule has 0 atom stereocenters. The van der Waals surface area contributed by atoms with Crippen LogP contribution in [0, 0.1) is 0 Å². The van der Waals surface area contributed by atoms with E-state index in [0.29, 0.717) is 30.4 Å². The van der Waals surface area contributed by atoms with Crippen LogP contribution in [0.3, 0.4) is 0 Å². The Morgan fingerprint density at radius 1 is 1.21 bits per heavy atom. The number of nitrogens with one attached hydrogen (secondary N) is 1. The largest absolute Gasteiger partial charge is 0.491 e. The van der Waals surface area contributed by atoms with Crippen molar-refractivity contribution < 1.29 is 14.3 Å². The van der Waals surface area contributed by atoms with Gasteiger partial charge in [0.15, 0.2) is 0 Å². The third kappa shape index (κ3) is 6.97. The molecular weight excluding hydrogens is 328 g/mol. The number of rotatable bonds is 12. The van der Waals surface area contributed by atoms with Gasteiger partial charge in [0, 0.05) is 19.5 Å². The molecule has 0 unspecified atom stereocenters. The summed E-state index contributed by atoms with van der Waals surface area (Å²) in [4.78, 5) is 14.4. The molecule has 0 saturated heterocycles. The number of hydrogen-bond acceptors (Lipinski definition) is 5. The van der Waals surface area contributed by atoms with Crippen LogP contribution >= 0.6 is 11.6 Å². The number of esters is 1. The maximum Gasteiger partial charge on any atom is 0.338 e. The van der Waals surface area contributed by atoms with Gasteiger partial charge in [-0.1, -0.05) is 13.8 Å². The summed E-state index contributed by atoms with van der Waals surface area (Å²) >= 11 is 5.67. The molecule has 0 heterocycles. The van der Waals surface area contributed by atoms with E-state index in [0.717, 1.165) is 38.2 Å². The van der Waals surface area contributed by atoms with Crippen molar-refractivity contribution in [3.8, 4) is 5.75 Å². The topological polar surface area (TPSA) is 50.8 Å². The van der Waals surface area contributed by atoms with Crippen molar-refractivity contribution in [2.45, 2.75) is 26.7 Å². The molecule has 0 bridgehead atoms. The summed E-state index contributed by atoms with van der Waals surface area (Å²) in [6.45, 7) is 7.79. The van der Waals surface area contributed by atoms with Crippen molar-refractivity contribution in [1.82, 2.24) is 4.90 Å². The van der Waals surface area contributed by atoms with Gasteiger partial charge in [-0.15, -0.1) is 11.6 Å². The van der Waals surface area contributed by atoms with E-state index in [9.17, 15) is 4.79 Å². The third-order valence-electron chi connectivity index (χ3n) is 3.81. The first kappa shape index (κ1) is 20.6. The second-order valence-electron chi connectivity index (χ2n) is 5.37. The molecule has 1 aromatic carbocycles. The first-order valence-corrected chi connectivity index (χ1v) is 9.09. The molecule has 0 spiro atoms. The molecule has 0 fully saturated rings. The number of hydrogen-bond donors (Lipinski definition) is 1. The van der Waals surface area contributed by atoms with Gasteiger partial charge >= 0.3 is 5.97 Å². The molecule has 0 radical (unpaired) electrons. The van der Waals surface area contributed by atoms with E-state index in [-0.39, 0.29) is 5.97 Å². The third-order valence-corrected chi connectivity index (χ3v) is 4.07. The standard InChI is InChI=1S/C18H29ClN2O3/c1-4-21(5-2)11-13-24-18(22)15-8-9-16(20-3)17(14-15)23-12-7-6-10-19/h8-9,14,20H,4-7,10-13H2,1-3H3. The number of nitrogens with zero attached hydrogens (tertiary/aromatic N) is 1. The molecule has 6 heteroatoms. The smallest absolute Gasteiger partial charge is 0.338 e. The number of halogens is 1. The second kappa shape index (κ2) is 12.0. The number of carbonyl (C=O) groups is 1. The van der Waals surface area contributed by atoms with E-state index in [1.54, 1.807) is 12.1 Å². The Bertz CT molecular complexity index is 493. The van der Waals surface area contributed by atoms with Crippen molar-refractivity contribution in [3.63, 3.8) is 0 Å². The fourth-order valence-corrected chi connectivity index (χ4v) is 2.43. The minimum atomic E-state index is -0.324. The van der Waals surface area contributed by atoms with E-state index < -0.39 is 0 Å². The SMILES string of the molecule is CCN(CC)CCOC(=O)c1ccc(NC)c(OCCCCCl)c1. The predicted molar refractivity (Wildman–Crippen MR) is 99.5 cm³/mol. The molecule has 0 amide bonds. The number of likely N-dealkylation sites (N-methyl/N-ethyl adjacent to an activating group) is 1. The first-order chi connectivity index (χ1) is 11.7. The Balaban J connectivity index is 2.61. The average molecular weight is 357 g/mol. The van der Waals surface area contributed by atoms with E-state index in [2.05, 4.69) is 24.1 Å². The quantitative estimate of drug-likeness (QED) is 0.352. The zero-order valence-corrected chi connectivity index (χ0v) is 15.7. The van der Waals surface area contributed by atoms with Crippen molar-refractivity contribution in [2.75, 3.05) is 51.1 Å². The average Bonchev–Trinajstić information content (AvgIpc) is 2.62. The van der Waals surface area contributed by atoms with Crippen molar-refractivity contribution in [1.29, 1.82) is 0 Å². The summed E-state index contributed by atoms with van der Waals surface area (Å²) in [5.41, 5.74) is 1.35. The van der Waals surface area contributed by atoms with Gasteiger partial charge < -0.3 is 19.7 Å². The molecule has 5 nitrogen and oxygen atoms in total. The van der Waals surface area contributed by atoms with Crippen LogP contribution in [-0.4, -0.2) is 56.6 Å². The zero-order chi connectivity index (χ0) is 17.8. The summed E-state index contributed by atoms with van der Waals surface area (Å²) in [6, 6.07) is 5.31. The van der Waals surface area contributed by atoms with Gasteiger partial charge in [-0.3, -0.25) is 0 Å². The Hall–Kier alpha value is -1.46. The van der Waals surface area contributed by atoms with Crippen LogP contribution in [0.25, 0.3) is 0 Å². The highest BCUT2D eigenvalue weighted by atomic mass is 35.5. The van der Waals surface area contributed by atoms with Gasteiger partial charge in [-0.25, -0.2) is 4.79 Å². The monoisotopic (exact) mass is 356 g/mol. The highest BCUT2D eigenvalue weighted by Crippen LogP contribution is 2.26. The molecule has 24 heavy (non-hydrogen) atoms. The minimum absolute atomic E-state index is 0.324. The number of carbonyl (C=O) groups excluding carboxylic acids is 1. The molecular formula is C18H29ClN2O3. The lowest BCUT2D eigenvalue weighted by molar-refractivity contribution is 0.0466. The van der Waals surface area contributed by atoms with E-state index >= 15 is 0 Å². The maximum atomic E-state index is 12.2. The van der Waals surface area contributed by atoms with Gasteiger partial charge in [0.05, 0.1) is 17.9 Å². The van der Waals surface area contributed by atoms with Crippen LogP contribution < -0.4 is 10.1 Å². The Labute approximate surface area is 150 Å². The molecule has 1 aromatic rings. The van der Waals surface area contributed by atoms with E-state index in [1.807, 2.05) is 13.1 Å². The fraction of sp³-hybridized carbons (Fsp3) is 0.611. The number of unbranched alkanes of at least 4 members (excludes halogenated alkanes) is 1. The molecule has 0 saturated carbocycles. The van der Waals surface area contributed by atoms with Crippen molar-refractivity contribution in [2.24, 2.45) is 0 Å². The Morgan fingerprint density at radius 3 is 2.58 bits per heavy atom. The molecule has 0 aliphatic heterocycles. The number of ether oxygens (including phenoxy) is 2. The fourth-order valence-electron chi connectivity index (χ4n) is 2.24.